The van der Waals surface area contributed by atoms with E-state index >= 15 is 0 Å². The van der Waals surface area contributed by atoms with Crippen molar-refractivity contribution in [2.24, 2.45) is 5.92 Å². The first-order valence-corrected chi connectivity index (χ1v) is 4.65. The van der Waals surface area contributed by atoms with E-state index in [1.54, 1.807) is 0 Å². The Hall–Kier alpha value is -0.810. The lowest BCUT2D eigenvalue weighted by Crippen LogP contribution is -2.56. The van der Waals surface area contributed by atoms with Gasteiger partial charge in [-0.25, -0.2) is 4.79 Å². The summed E-state index contributed by atoms with van der Waals surface area (Å²) in [6.45, 7) is 5.61. The monoisotopic (exact) mass is 202 g/mol. The minimum atomic E-state index is -1.10. The average Bonchev–Trinajstić information content (AvgIpc) is 2.43. The Morgan fingerprint density at radius 3 is 2.50 bits per heavy atom. The van der Waals surface area contributed by atoms with Crippen LogP contribution in [0.5, 0.6) is 0 Å². The molecular formula is C9H14O5. The van der Waals surface area contributed by atoms with E-state index in [0.717, 1.165) is 0 Å². The molecule has 0 aliphatic carbocycles. The molecule has 2 unspecified atom stereocenters. The zero-order valence-corrected chi connectivity index (χ0v) is 8.39. The summed E-state index contributed by atoms with van der Waals surface area (Å²) in [4.78, 5) is 10.9. The number of rotatable bonds is 0. The standard InChI is InChI=1S/C9H14O5/c1-4-5-6(13-8(11)12-5)7(10)14-9(4,2)3/h4-7,10H,1-3H3/t4?,5-,6-,7?/m0/s1. The molecule has 2 aliphatic heterocycles. The van der Waals surface area contributed by atoms with Crippen LogP contribution in [-0.4, -0.2) is 35.4 Å². The fourth-order valence-corrected chi connectivity index (χ4v) is 1.87. The van der Waals surface area contributed by atoms with E-state index in [4.69, 9.17) is 14.2 Å². The summed E-state index contributed by atoms with van der Waals surface area (Å²) in [5, 5.41) is 9.57. The fourth-order valence-electron chi connectivity index (χ4n) is 1.87. The van der Waals surface area contributed by atoms with Gasteiger partial charge in [0.15, 0.2) is 18.5 Å². The zero-order valence-electron chi connectivity index (χ0n) is 8.39. The summed E-state index contributed by atoms with van der Waals surface area (Å²) in [7, 11) is 0. The van der Waals surface area contributed by atoms with Crippen LogP contribution in [0.3, 0.4) is 0 Å². The predicted molar refractivity (Wildman–Crippen MR) is 45.5 cm³/mol. The van der Waals surface area contributed by atoms with Crippen LogP contribution in [0.25, 0.3) is 0 Å². The molecule has 2 saturated heterocycles. The largest absolute Gasteiger partial charge is 0.509 e. The summed E-state index contributed by atoms with van der Waals surface area (Å²) in [6, 6.07) is 0. The van der Waals surface area contributed by atoms with Crippen molar-refractivity contribution >= 4 is 6.16 Å². The van der Waals surface area contributed by atoms with Gasteiger partial charge in [-0.15, -0.1) is 0 Å². The molecule has 0 bridgehead atoms. The van der Waals surface area contributed by atoms with Crippen LogP contribution in [0.1, 0.15) is 20.8 Å². The maximum absolute atomic E-state index is 10.9. The van der Waals surface area contributed by atoms with Crippen molar-refractivity contribution in [3.63, 3.8) is 0 Å². The minimum absolute atomic E-state index is 0.0117. The Bertz CT molecular complexity index is 262. The van der Waals surface area contributed by atoms with Gasteiger partial charge in [-0.2, -0.15) is 0 Å². The number of ether oxygens (including phenoxy) is 3. The topological polar surface area (TPSA) is 65.0 Å². The third kappa shape index (κ3) is 1.27. The second-order valence-corrected chi connectivity index (χ2v) is 4.32. The van der Waals surface area contributed by atoms with Crippen LogP contribution in [0.4, 0.5) is 4.79 Å². The Balaban J connectivity index is 2.24. The molecule has 2 rings (SSSR count). The van der Waals surface area contributed by atoms with Crippen LogP contribution in [0, 0.1) is 5.92 Å². The molecule has 0 aromatic carbocycles. The first kappa shape index (κ1) is 9.73. The Morgan fingerprint density at radius 1 is 1.29 bits per heavy atom. The summed E-state index contributed by atoms with van der Waals surface area (Å²) in [6.07, 6.45) is -2.93. The van der Waals surface area contributed by atoms with E-state index in [0.29, 0.717) is 0 Å². The van der Waals surface area contributed by atoms with Gasteiger partial charge in [0.05, 0.1) is 5.60 Å². The molecule has 2 fully saturated rings. The number of aliphatic hydroxyl groups is 1. The molecule has 80 valence electrons. The van der Waals surface area contributed by atoms with Crippen molar-refractivity contribution in [2.75, 3.05) is 0 Å². The zero-order chi connectivity index (χ0) is 10.5. The highest BCUT2D eigenvalue weighted by atomic mass is 16.8. The fraction of sp³-hybridized carbons (Fsp3) is 0.889. The van der Waals surface area contributed by atoms with Gasteiger partial charge in [-0.05, 0) is 13.8 Å². The second kappa shape index (κ2) is 2.84. The maximum atomic E-state index is 10.9. The molecular weight excluding hydrogens is 188 g/mol. The third-order valence-electron chi connectivity index (χ3n) is 3.08. The van der Waals surface area contributed by atoms with Crippen molar-refractivity contribution in [3.8, 4) is 0 Å². The van der Waals surface area contributed by atoms with Gasteiger partial charge in [-0.3, -0.25) is 0 Å². The Kier molecular flexibility index (Phi) is 1.97. The summed E-state index contributed by atoms with van der Waals surface area (Å²) >= 11 is 0. The highest BCUT2D eigenvalue weighted by Crippen LogP contribution is 2.39. The number of carbonyl (C=O) groups is 1. The van der Waals surface area contributed by atoms with Gasteiger partial charge in [-0.1, -0.05) is 6.92 Å². The second-order valence-electron chi connectivity index (χ2n) is 4.32. The molecule has 2 aliphatic rings. The van der Waals surface area contributed by atoms with E-state index in [-0.39, 0.29) is 5.92 Å². The lowest BCUT2D eigenvalue weighted by atomic mass is 9.82. The van der Waals surface area contributed by atoms with Crippen molar-refractivity contribution in [3.05, 3.63) is 0 Å². The van der Waals surface area contributed by atoms with Gasteiger partial charge in [0.2, 0.25) is 0 Å². The summed E-state index contributed by atoms with van der Waals surface area (Å²) in [5.41, 5.74) is -0.519. The van der Waals surface area contributed by atoms with Gasteiger partial charge >= 0.3 is 6.16 Å². The van der Waals surface area contributed by atoms with Crippen LogP contribution >= 0.6 is 0 Å². The predicted octanol–water partition coefficient (Wildman–Crippen LogP) is 0.654. The lowest BCUT2D eigenvalue weighted by molar-refractivity contribution is -0.270. The van der Waals surface area contributed by atoms with Crippen LogP contribution in [0.15, 0.2) is 0 Å². The molecule has 0 aromatic rings. The number of fused-ring (bicyclic) bond motifs is 1. The first-order chi connectivity index (χ1) is 6.42. The van der Waals surface area contributed by atoms with Crippen molar-refractivity contribution < 1.29 is 24.1 Å². The quantitative estimate of drug-likeness (QED) is 0.584. The third-order valence-corrected chi connectivity index (χ3v) is 3.08. The molecule has 0 amide bonds. The maximum Gasteiger partial charge on any atom is 0.509 e. The van der Waals surface area contributed by atoms with Gasteiger partial charge in [0.1, 0.15) is 0 Å². The molecule has 5 heteroatoms. The average molecular weight is 202 g/mol. The van der Waals surface area contributed by atoms with Gasteiger partial charge < -0.3 is 19.3 Å². The normalized spacial score (nSPS) is 45.3. The Labute approximate surface area is 81.9 Å². The van der Waals surface area contributed by atoms with E-state index in [2.05, 4.69) is 0 Å². The lowest BCUT2D eigenvalue weighted by Gasteiger charge is -2.43. The van der Waals surface area contributed by atoms with Gasteiger partial charge in [0.25, 0.3) is 0 Å². The van der Waals surface area contributed by atoms with Crippen LogP contribution in [-0.2, 0) is 14.2 Å². The number of carbonyl (C=O) groups excluding carboxylic acids is 1. The first-order valence-electron chi connectivity index (χ1n) is 4.65. The van der Waals surface area contributed by atoms with Crippen molar-refractivity contribution in [1.29, 1.82) is 0 Å². The van der Waals surface area contributed by atoms with Crippen molar-refractivity contribution in [1.82, 2.24) is 0 Å². The van der Waals surface area contributed by atoms with E-state index in [1.807, 2.05) is 20.8 Å². The highest BCUT2D eigenvalue weighted by molar-refractivity contribution is 5.62. The SMILES string of the molecule is CC1[C@@H]2OC(=O)O[C@@H]2C(O)OC1(C)C. The molecule has 2 heterocycles. The number of hydrogen-bond donors (Lipinski definition) is 1. The highest BCUT2D eigenvalue weighted by Gasteiger charge is 2.54. The Morgan fingerprint density at radius 2 is 1.86 bits per heavy atom. The number of hydrogen-bond acceptors (Lipinski definition) is 5. The van der Waals surface area contributed by atoms with Crippen LogP contribution < -0.4 is 0 Å². The van der Waals surface area contributed by atoms with Crippen LogP contribution in [0.2, 0.25) is 0 Å². The molecule has 14 heavy (non-hydrogen) atoms. The van der Waals surface area contributed by atoms with E-state index in [9.17, 15) is 9.90 Å². The number of aliphatic hydroxyl groups excluding tert-OH is 1. The van der Waals surface area contributed by atoms with E-state index in [1.165, 1.54) is 0 Å². The molecule has 0 spiro atoms. The molecule has 0 saturated carbocycles. The molecule has 4 atom stereocenters. The smallest absolute Gasteiger partial charge is 0.426 e. The molecule has 0 radical (unpaired) electrons. The molecule has 1 N–H and O–H groups in total. The molecule has 5 nitrogen and oxygen atoms in total. The van der Waals surface area contributed by atoms with E-state index < -0.39 is 30.3 Å². The summed E-state index contributed by atoms with van der Waals surface area (Å²) < 4.78 is 15.1. The summed E-state index contributed by atoms with van der Waals surface area (Å²) in [5.74, 6) is -0.0117. The van der Waals surface area contributed by atoms with Gasteiger partial charge in [0, 0.05) is 5.92 Å². The minimum Gasteiger partial charge on any atom is -0.426 e. The molecule has 0 aromatic heterocycles. The van der Waals surface area contributed by atoms with Crippen molar-refractivity contribution in [2.45, 2.75) is 44.9 Å².